The third kappa shape index (κ3) is 1.11. The van der Waals surface area contributed by atoms with E-state index in [9.17, 15) is 4.39 Å². The molecule has 0 bridgehead atoms. The number of aromatic nitrogens is 1. The van der Waals surface area contributed by atoms with E-state index >= 15 is 0 Å². The molecule has 1 aliphatic carbocycles. The Labute approximate surface area is 88.0 Å². The molecule has 1 nitrogen and oxygen atoms in total. The van der Waals surface area contributed by atoms with Gasteiger partial charge in [-0.05, 0) is 55.5 Å². The van der Waals surface area contributed by atoms with Crippen LogP contribution in [-0.2, 0) is 12.8 Å². The lowest BCUT2D eigenvalue weighted by molar-refractivity contribution is 0.633. The van der Waals surface area contributed by atoms with Crippen molar-refractivity contribution in [3.8, 4) is 0 Å². The number of fused-ring (bicyclic) bond motifs is 2. The van der Waals surface area contributed by atoms with E-state index in [4.69, 9.17) is 0 Å². The smallest absolute Gasteiger partial charge is 0.149 e. The van der Waals surface area contributed by atoms with Gasteiger partial charge in [0, 0.05) is 11.1 Å². The molecule has 1 aromatic carbocycles. The van der Waals surface area contributed by atoms with Crippen molar-refractivity contribution in [3.63, 3.8) is 0 Å². The lowest BCUT2D eigenvalue weighted by atomic mass is 9.87. The Morgan fingerprint density at radius 1 is 1.20 bits per heavy atom. The van der Waals surface area contributed by atoms with Crippen LogP contribution in [0.15, 0.2) is 12.1 Å². The van der Waals surface area contributed by atoms with Gasteiger partial charge in [0.2, 0.25) is 0 Å². The molecule has 0 saturated heterocycles. The maximum atomic E-state index is 13.7. The molecular formula is C13H12FN. The van der Waals surface area contributed by atoms with Gasteiger partial charge in [0.25, 0.3) is 0 Å². The highest BCUT2D eigenvalue weighted by Gasteiger charge is 2.20. The summed E-state index contributed by atoms with van der Waals surface area (Å²) in [7, 11) is 0. The van der Waals surface area contributed by atoms with Crippen LogP contribution in [0, 0.1) is 19.7 Å². The van der Waals surface area contributed by atoms with E-state index in [1.807, 2.05) is 13.0 Å². The number of aryl methyl sites for hydroxylation is 3. The summed E-state index contributed by atoms with van der Waals surface area (Å²) >= 11 is 0. The molecule has 2 heteroatoms. The molecule has 3 rings (SSSR count). The van der Waals surface area contributed by atoms with Crippen molar-refractivity contribution < 1.29 is 4.39 Å². The third-order valence-electron chi connectivity index (χ3n) is 3.27. The first-order valence-corrected chi connectivity index (χ1v) is 5.25. The fraction of sp³-hybridized carbons (Fsp3) is 0.308. The Bertz CT molecular complexity index is 572. The van der Waals surface area contributed by atoms with Gasteiger partial charge < -0.3 is 0 Å². The van der Waals surface area contributed by atoms with Crippen molar-refractivity contribution in [2.24, 2.45) is 0 Å². The molecule has 0 saturated carbocycles. The molecule has 0 unspecified atom stereocenters. The van der Waals surface area contributed by atoms with E-state index in [0.29, 0.717) is 5.52 Å². The molecular weight excluding hydrogens is 189 g/mol. The van der Waals surface area contributed by atoms with E-state index in [0.717, 1.165) is 29.5 Å². The van der Waals surface area contributed by atoms with Crippen molar-refractivity contribution in [2.45, 2.75) is 26.7 Å². The average molecular weight is 201 g/mol. The maximum absolute atomic E-state index is 13.7. The molecule has 1 aliphatic rings. The Morgan fingerprint density at radius 2 is 2.00 bits per heavy atom. The van der Waals surface area contributed by atoms with Gasteiger partial charge in [0.1, 0.15) is 11.3 Å². The quantitative estimate of drug-likeness (QED) is 0.638. The fourth-order valence-electron chi connectivity index (χ4n) is 2.32. The summed E-state index contributed by atoms with van der Waals surface area (Å²) in [5.41, 5.74) is 5.12. The largest absolute Gasteiger partial charge is 0.249 e. The first-order chi connectivity index (χ1) is 7.16. The number of rotatable bonds is 0. The predicted molar refractivity (Wildman–Crippen MR) is 58.6 cm³/mol. The van der Waals surface area contributed by atoms with Crippen molar-refractivity contribution in [1.29, 1.82) is 0 Å². The molecule has 0 radical (unpaired) electrons. The first kappa shape index (κ1) is 8.84. The van der Waals surface area contributed by atoms with E-state index in [2.05, 4.69) is 11.9 Å². The van der Waals surface area contributed by atoms with Crippen molar-refractivity contribution >= 4 is 10.9 Å². The van der Waals surface area contributed by atoms with Crippen LogP contribution in [0.4, 0.5) is 4.39 Å². The molecule has 0 N–H and O–H groups in total. The SMILES string of the molecule is Cc1cc(F)c2nc3c(c(C)c2c1)CC3. The first-order valence-electron chi connectivity index (χ1n) is 5.25. The number of halogens is 1. The summed E-state index contributed by atoms with van der Waals surface area (Å²) in [5, 5.41) is 0.978. The van der Waals surface area contributed by atoms with Crippen LogP contribution in [0.1, 0.15) is 22.4 Å². The minimum Gasteiger partial charge on any atom is -0.249 e. The Hall–Kier alpha value is -1.44. The van der Waals surface area contributed by atoms with Gasteiger partial charge in [-0.1, -0.05) is 0 Å². The highest BCUT2D eigenvalue weighted by molar-refractivity contribution is 5.85. The van der Waals surface area contributed by atoms with Crippen LogP contribution in [-0.4, -0.2) is 4.98 Å². The molecule has 0 fully saturated rings. The van der Waals surface area contributed by atoms with Gasteiger partial charge in [0.05, 0.1) is 0 Å². The van der Waals surface area contributed by atoms with Crippen LogP contribution in [0.5, 0.6) is 0 Å². The summed E-state index contributed by atoms with van der Waals surface area (Å²) < 4.78 is 13.7. The Kier molecular flexibility index (Phi) is 1.64. The van der Waals surface area contributed by atoms with Crippen LogP contribution in [0.3, 0.4) is 0 Å². The number of nitrogens with zero attached hydrogens (tertiary/aromatic N) is 1. The molecule has 76 valence electrons. The number of pyridine rings is 1. The van der Waals surface area contributed by atoms with Crippen LogP contribution in [0.25, 0.3) is 10.9 Å². The van der Waals surface area contributed by atoms with Crippen molar-refractivity contribution in [3.05, 3.63) is 40.3 Å². The van der Waals surface area contributed by atoms with Crippen LogP contribution < -0.4 is 0 Å². The number of hydrogen-bond donors (Lipinski definition) is 0. The zero-order chi connectivity index (χ0) is 10.6. The van der Waals surface area contributed by atoms with Gasteiger partial charge in [0.15, 0.2) is 0 Å². The highest BCUT2D eigenvalue weighted by atomic mass is 19.1. The van der Waals surface area contributed by atoms with E-state index in [1.165, 1.54) is 11.1 Å². The molecule has 1 heterocycles. The summed E-state index contributed by atoms with van der Waals surface area (Å²) in [6.07, 6.45) is 2.10. The topological polar surface area (TPSA) is 12.9 Å². The second kappa shape index (κ2) is 2.78. The maximum Gasteiger partial charge on any atom is 0.149 e. The zero-order valence-electron chi connectivity index (χ0n) is 8.89. The lowest BCUT2D eigenvalue weighted by Gasteiger charge is -2.21. The average Bonchev–Trinajstić information content (AvgIpc) is 2.11. The summed E-state index contributed by atoms with van der Waals surface area (Å²) in [4.78, 5) is 4.39. The third-order valence-corrected chi connectivity index (χ3v) is 3.27. The molecule has 0 aliphatic heterocycles. The standard InChI is InChI=1S/C13H12FN/c1-7-5-10-8(2)9-3-4-12(9)15-13(10)11(14)6-7/h5-6H,3-4H2,1-2H3. The fourth-order valence-corrected chi connectivity index (χ4v) is 2.32. The summed E-state index contributed by atoms with van der Waals surface area (Å²) in [5.74, 6) is -0.192. The summed E-state index contributed by atoms with van der Waals surface area (Å²) in [6.45, 7) is 3.99. The highest BCUT2D eigenvalue weighted by Crippen LogP contribution is 2.31. The Balaban J connectivity index is 2.49. The van der Waals surface area contributed by atoms with Crippen molar-refractivity contribution in [2.75, 3.05) is 0 Å². The lowest BCUT2D eigenvalue weighted by Crippen LogP contribution is -2.14. The van der Waals surface area contributed by atoms with Crippen LogP contribution in [0.2, 0.25) is 0 Å². The van der Waals surface area contributed by atoms with E-state index in [1.54, 1.807) is 6.07 Å². The number of hydrogen-bond acceptors (Lipinski definition) is 1. The second-order valence-electron chi connectivity index (χ2n) is 4.30. The predicted octanol–water partition coefficient (Wildman–Crippen LogP) is 3.09. The molecule has 0 atom stereocenters. The van der Waals surface area contributed by atoms with Gasteiger partial charge in [-0.2, -0.15) is 0 Å². The molecule has 2 aromatic rings. The van der Waals surface area contributed by atoms with Gasteiger partial charge in [-0.15, -0.1) is 0 Å². The molecule has 15 heavy (non-hydrogen) atoms. The minimum atomic E-state index is -0.192. The molecule has 0 spiro atoms. The molecule has 1 aromatic heterocycles. The normalized spacial score (nSPS) is 13.8. The van der Waals surface area contributed by atoms with Crippen LogP contribution >= 0.6 is 0 Å². The van der Waals surface area contributed by atoms with Gasteiger partial charge in [-0.3, -0.25) is 0 Å². The summed E-state index contributed by atoms with van der Waals surface area (Å²) in [6, 6.07) is 3.58. The second-order valence-corrected chi connectivity index (χ2v) is 4.30. The van der Waals surface area contributed by atoms with Gasteiger partial charge in [-0.25, -0.2) is 9.37 Å². The number of benzene rings is 1. The minimum absolute atomic E-state index is 0.192. The zero-order valence-corrected chi connectivity index (χ0v) is 8.89. The Morgan fingerprint density at radius 3 is 2.67 bits per heavy atom. The van der Waals surface area contributed by atoms with Crippen molar-refractivity contribution in [1.82, 2.24) is 4.98 Å². The molecule has 0 amide bonds. The van der Waals surface area contributed by atoms with E-state index < -0.39 is 0 Å². The van der Waals surface area contributed by atoms with Gasteiger partial charge >= 0.3 is 0 Å². The van der Waals surface area contributed by atoms with E-state index in [-0.39, 0.29) is 5.82 Å². The monoisotopic (exact) mass is 201 g/mol.